The first-order chi connectivity index (χ1) is 12.9. The maximum absolute atomic E-state index is 6.36. The first kappa shape index (κ1) is 20.4. The van der Waals surface area contributed by atoms with E-state index in [-0.39, 0.29) is 6.61 Å². The fourth-order valence-electron chi connectivity index (χ4n) is 2.41. The van der Waals surface area contributed by atoms with Crippen molar-refractivity contribution in [1.29, 1.82) is 0 Å². The van der Waals surface area contributed by atoms with E-state index in [0.717, 1.165) is 16.8 Å². The first-order valence-corrected chi connectivity index (χ1v) is 9.85. The Morgan fingerprint density at radius 3 is 1.96 bits per heavy atom. The molecule has 3 aromatic rings. The lowest BCUT2D eigenvalue weighted by Crippen LogP contribution is -2.01. The van der Waals surface area contributed by atoms with Gasteiger partial charge < -0.3 is 10.1 Å². The molecule has 0 aromatic heterocycles. The molecule has 0 atom stereocenters. The first-order valence-electron chi connectivity index (χ1n) is 7.96. The van der Waals surface area contributed by atoms with Crippen LogP contribution < -0.4 is 10.1 Å². The van der Waals surface area contributed by atoms with Crippen molar-refractivity contribution in [1.82, 2.24) is 0 Å². The molecule has 0 aliphatic carbocycles. The normalized spacial score (nSPS) is 10.7. The van der Waals surface area contributed by atoms with Gasteiger partial charge in [0.05, 0.1) is 10.0 Å². The molecular weight excluding hydrogens is 447 g/mol. The number of nitrogens with one attached hydrogen (secondary N) is 1. The van der Waals surface area contributed by atoms with Crippen LogP contribution in [0.4, 0.5) is 5.69 Å². The minimum Gasteiger partial charge on any atom is -0.486 e. The summed E-state index contributed by atoms with van der Waals surface area (Å²) in [5.74, 6) is 0.416. The second kappa shape index (κ2) is 9.27. The topological polar surface area (TPSA) is 21.3 Å². The molecule has 0 fully saturated rings. The van der Waals surface area contributed by atoms with Crippen LogP contribution in [0.5, 0.6) is 5.75 Å². The standard InChI is InChI=1S/C20H14Cl5NO/c21-14-3-5-16(6-4-14)26-10-12-7-18(24)20(19(25)8-12)27-11-13-1-2-15(22)9-17(13)23/h1-9,26H,10-11H2. The molecule has 2 nitrogen and oxygen atoms in total. The van der Waals surface area contributed by atoms with Crippen molar-refractivity contribution in [3.63, 3.8) is 0 Å². The summed E-state index contributed by atoms with van der Waals surface area (Å²) in [5.41, 5.74) is 2.67. The van der Waals surface area contributed by atoms with Crippen molar-refractivity contribution in [2.75, 3.05) is 5.32 Å². The largest absolute Gasteiger partial charge is 0.486 e. The third kappa shape index (κ3) is 5.60. The van der Waals surface area contributed by atoms with Gasteiger partial charge in [0.2, 0.25) is 0 Å². The third-order valence-corrected chi connectivity index (χ3v) is 5.19. The highest BCUT2D eigenvalue weighted by molar-refractivity contribution is 6.37. The zero-order valence-electron chi connectivity index (χ0n) is 13.9. The van der Waals surface area contributed by atoms with Gasteiger partial charge in [0.1, 0.15) is 6.61 Å². The van der Waals surface area contributed by atoms with E-state index in [1.807, 2.05) is 36.4 Å². The van der Waals surface area contributed by atoms with Crippen LogP contribution in [0.2, 0.25) is 25.1 Å². The second-order valence-electron chi connectivity index (χ2n) is 5.77. The zero-order chi connectivity index (χ0) is 19.4. The molecule has 7 heteroatoms. The monoisotopic (exact) mass is 459 g/mol. The predicted octanol–water partition coefficient (Wildman–Crippen LogP) is 8.14. The number of halogens is 5. The molecule has 0 saturated heterocycles. The lowest BCUT2D eigenvalue weighted by atomic mass is 10.2. The van der Waals surface area contributed by atoms with E-state index in [1.54, 1.807) is 18.2 Å². The van der Waals surface area contributed by atoms with Gasteiger partial charge in [-0.1, -0.05) is 64.1 Å². The van der Waals surface area contributed by atoms with Gasteiger partial charge in [0.25, 0.3) is 0 Å². The maximum atomic E-state index is 6.36. The number of rotatable bonds is 6. The molecule has 0 bridgehead atoms. The molecule has 3 rings (SSSR count). The smallest absolute Gasteiger partial charge is 0.156 e. The summed E-state index contributed by atoms with van der Waals surface area (Å²) in [7, 11) is 0. The van der Waals surface area contributed by atoms with Crippen LogP contribution in [0.3, 0.4) is 0 Å². The Hall–Kier alpha value is -1.29. The van der Waals surface area contributed by atoms with Crippen molar-refractivity contribution in [2.45, 2.75) is 13.2 Å². The molecule has 0 radical (unpaired) electrons. The Morgan fingerprint density at radius 2 is 1.33 bits per heavy atom. The third-order valence-electron chi connectivity index (χ3n) is 3.79. The van der Waals surface area contributed by atoms with Gasteiger partial charge in [-0.05, 0) is 54.1 Å². The van der Waals surface area contributed by atoms with Crippen molar-refractivity contribution in [3.05, 3.63) is 90.8 Å². The van der Waals surface area contributed by atoms with E-state index in [1.165, 1.54) is 0 Å². The fraction of sp³-hybridized carbons (Fsp3) is 0.100. The molecule has 0 spiro atoms. The van der Waals surface area contributed by atoms with Gasteiger partial charge in [0, 0.05) is 32.9 Å². The van der Waals surface area contributed by atoms with E-state index in [0.29, 0.717) is 37.4 Å². The average molecular weight is 462 g/mol. The summed E-state index contributed by atoms with van der Waals surface area (Å²) in [6, 6.07) is 16.3. The van der Waals surface area contributed by atoms with Crippen LogP contribution >= 0.6 is 58.0 Å². The molecule has 0 aliphatic rings. The van der Waals surface area contributed by atoms with Crippen LogP contribution in [0, 0.1) is 0 Å². The van der Waals surface area contributed by atoms with Crippen LogP contribution in [0.15, 0.2) is 54.6 Å². The quantitative estimate of drug-likeness (QED) is 0.400. The SMILES string of the molecule is Clc1ccc(NCc2cc(Cl)c(OCc3ccc(Cl)cc3Cl)c(Cl)c2)cc1. The Morgan fingerprint density at radius 1 is 0.704 bits per heavy atom. The van der Waals surface area contributed by atoms with E-state index in [2.05, 4.69) is 5.32 Å². The van der Waals surface area contributed by atoms with Gasteiger partial charge in [-0.3, -0.25) is 0 Å². The average Bonchev–Trinajstić information content (AvgIpc) is 2.62. The number of hydrogen-bond donors (Lipinski definition) is 1. The van der Waals surface area contributed by atoms with Crippen LogP contribution in [0.1, 0.15) is 11.1 Å². The zero-order valence-corrected chi connectivity index (χ0v) is 17.7. The molecule has 1 N–H and O–H groups in total. The summed E-state index contributed by atoms with van der Waals surface area (Å²) in [6.07, 6.45) is 0. The van der Waals surface area contributed by atoms with Gasteiger partial charge >= 0.3 is 0 Å². The van der Waals surface area contributed by atoms with Gasteiger partial charge in [-0.15, -0.1) is 0 Å². The van der Waals surface area contributed by atoms with Gasteiger partial charge in [-0.2, -0.15) is 0 Å². The molecule has 27 heavy (non-hydrogen) atoms. The molecule has 0 unspecified atom stereocenters. The van der Waals surface area contributed by atoms with Gasteiger partial charge in [0.15, 0.2) is 5.75 Å². The minimum atomic E-state index is 0.234. The summed E-state index contributed by atoms with van der Waals surface area (Å²) in [6.45, 7) is 0.794. The molecule has 3 aromatic carbocycles. The Labute approximate surface area is 182 Å². The minimum absolute atomic E-state index is 0.234. The summed E-state index contributed by atoms with van der Waals surface area (Å²) in [5, 5.41) is 5.93. The second-order valence-corrected chi connectivity index (χ2v) is 7.87. The molecule has 0 amide bonds. The highest BCUT2D eigenvalue weighted by Gasteiger charge is 2.11. The Kier molecular flexibility index (Phi) is 7.02. The summed E-state index contributed by atoms with van der Waals surface area (Å²) in [4.78, 5) is 0. The van der Waals surface area contributed by atoms with Gasteiger partial charge in [-0.25, -0.2) is 0 Å². The predicted molar refractivity (Wildman–Crippen MR) is 116 cm³/mol. The van der Waals surface area contributed by atoms with Crippen molar-refractivity contribution in [3.8, 4) is 5.75 Å². The van der Waals surface area contributed by atoms with Crippen LogP contribution in [-0.4, -0.2) is 0 Å². The summed E-state index contributed by atoms with van der Waals surface area (Å²) < 4.78 is 5.78. The molecular formula is C20H14Cl5NO. The van der Waals surface area contributed by atoms with E-state index in [9.17, 15) is 0 Å². The van der Waals surface area contributed by atoms with Crippen molar-refractivity contribution in [2.24, 2.45) is 0 Å². The lowest BCUT2D eigenvalue weighted by molar-refractivity contribution is 0.306. The summed E-state index contributed by atoms with van der Waals surface area (Å²) >= 11 is 30.7. The highest BCUT2D eigenvalue weighted by atomic mass is 35.5. The fourth-order valence-corrected chi connectivity index (χ4v) is 3.64. The van der Waals surface area contributed by atoms with E-state index >= 15 is 0 Å². The van der Waals surface area contributed by atoms with Crippen LogP contribution in [-0.2, 0) is 13.2 Å². The van der Waals surface area contributed by atoms with Crippen molar-refractivity contribution < 1.29 is 4.74 Å². The molecule has 0 heterocycles. The highest BCUT2D eigenvalue weighted by Crippen LogP contribution is 2.35. The molecule has 0 aliphatic heterocycles. The number of anilines is 1. The van der Waals surface area contributed by atoms with E-state index in [4.69, 9.17) is 62.7 Å². The maximum Gasteiger partial charge on any atom is 0.156 e. The molecule has 0 saturated carbocycles. The number of ether oxygens (including phenoxy) is 1. The van der Waals surface area contributed by atoms with Crippen molar-refractivity contribution >= 4 is 63.7 Å². The Bertz CT molecular complexity index is 921. The number of hydrogen-bond acceptors (Lipinski definition) is 2. The lowest BCUT2D eigenvalue weighted by Gasteiger charge is -2.13. The van der Waals surface area contributed by atoms with E-state index < -0.39 is 0 Å². The number of benzene rings is 3. The van der Waals surface area contributed by atoms with Crippen LogP contribution in [0.25, 0.3) is 0 Å². The Balaban J connectivity index is 1.67. The molecule has 140 valence electrons.